The van der Waals surface area contributed by atoms with Crippen LogP contribution in [0.25, 0.3) is 0 Å². The monoisotopic (exact) mass is 74.1 g/mol. The van der Waals surface area contributed by atoms with Crippen LogP contribution in [0.5, 0.6) is 0 Å². The zero-order valence-corrected chi connectivity index (χ0v) is 4.08. The lowest BCUT2D eigenvalue weighted by Gasteiger charge is -1.78. The molecule has 0 amide bonds. The van der Waals surface area contributed by atoms with Crippen LogP contribution in [0.2, 0.25) is 5.82 Å². The Balaban J connectivity index is 0. The summed E-state index contributed by atoms with van der Waals surface area (Å²) in [5.74, 6) is 0.833. The zero-order chi connectivity index (χ0) is 3.58. The van der Waals surface area contributed by atoms with E-state index in [-0.39, 0.29) is 5.48 Å². The molecule has 0 aliphatic rings. The van der Waals surface area contributed by atoms with Crippen LogP contribution in [0.3, 0.4) is 0 Å². The van der Waals surface area contributed by atoms with E-state index in [4.69, 9.17) is 0 Å². The highest BCUT2D eigenvalue weighted by Gasteiger charge is 1.69. The Hall–Kier alpha value is 0.0249. The van der Waals surface area contributed by atoms with Crippen molar-refractivity contribution in [3.8, 4) is 0 Å². The molecule has 1 nitrogen and oxygen atoms in total. The summed E-state index contributed by atoms with van der Waals surface area (Å²) in [5, 5.41) is 0. The molecule has 0 rings (SSSR count). The summed E-state index contributed by atoms with van der Waals surface area (Å²) < 4.78 is 0. The fourth-order valence-electron chi connectivity index (χ4n) is 0. The van der Waals surface area contributed by atoms with Crippen molar-refractivity contribution in [2.45, 2.75) is 19.7 Å². The number of rotatable bonds is 0. The third-order valence-electron chi connectivity index (χ3n) is 0. The van der Waals surface area contributed by atoms with Crippen molar-refractivity contribution in [3.05, 3.63) is 0 Å². The lowest BCUT2D eigenvalue weighted by Crippen LogP contribution is -1.67. The molecule has 0 aromatic heterocycles. The largest absolute Gasteiger partial charge is 0.412 e. The predicted molar refractivity (Wildman–Crippen MR) is 27.3 cm³/mol. The fourth-order valence-corrected chi connectivity index (χ4v) is 0. The van der Waals surface area contributed by atoms with Crippen molar-refractivity contribution in [1.29, 1.82) is 0 Å². The van der Waals surface area contributed by atoms with Crippen LogP contribution in [-0.2, 0) is 0 Å². The summed E-state index contributed by atoms with van der Waals surface area (Å²) in [6, 6.07) is 0. The molecule has 0 saturated heterocycles. The van der Waals surface area contributed by atoms with Gasteiger partial charge in [0.2, 0.25) is 0 Å². The highest BCUT2D eigenvalue weighted by molar-refractivity contribution is 6.10. The van der Waals surface area contributed by atoms with Crippen molar-refractivity contribution in [3.63, 3.8) is 0 Å². The molecule has 2 heteroatoms. The van der Waals surface area contributed by atoms with Crippen LogP contribution < -0.4 is 0 Å². The Morgan fingerprint density at radius 2 is 1.40 bits per heavy atom. The van der Waals surface area contributed by atoms with Crippen LogP contribution in [0.4, 0.5) is 0 Å². The topological polar surface area (TPSA) is 31.5 Å². The Morgan fingerprint density at radius 1 is 1.40 bits per heavy atom. The third kappa shape index (κ3) is 26500. The third-order valence-corrected chi connectivity index (χ3v) is 0. The highest BCUT2D eigenvalue weighted by atomic mass is 16.0. The second-order valence-electron chi connectivity index (χ2n) is 1.73. The summed E-state index contributed by atoms with van der Waals surface area (Å²) in [4.78, 5) is 0. The van der Waals surface area contributed by atoms with Crippen molar-refractivity contribution in [2.75, 3.05) is 0 Å². The lowest BCUT2D eigenvalue weighted by molar-refractivity contribution is 0.824. The quantitative estimate of drug-likeness (QED) is 0.351. The molecule has 0 aromatic carbocycles. The molecule has 0 fully saturated rings. The summed E-state index contributed by atoms with van der Waals surface area (Å²) in [6.45, 7) is 4.33. The average Bonchev–Trinajstić information content (AvgIpc) is 0.811. The standard InChI is InChI=1S/C3H9B.H2O/c1-3(2)4;/h3H,4H2,1-2H3;1H2. The fraction of sp³-hybridized carbons (Fsp3) is 1.00. The first-order chi connectivity index (χ1) is 1.73. The number of hydrogen-bond donors (Lipinski definition) is 0. The smallest absolute Gasteiger partial charge is 0.104 e. The molecular weight excluding hydrogens is 62.8 g/mol. The molecule has 0 spiro atoms. The molecule has 0 aliphatic heterocycles. The average molecular weight is 73.9 g/mol. The Labute approximate surface area is 34.1 Å². The van der Waals surface area contributed by atoms with E-state index in [0.717, 1.165) is 5.82 Å². The van der Waals surface area contributed by atoms with Gasteiger partial charge >= 0.3 is 0 Å². The van der Waals surface area contributed by atoms with E-state index in [9.17, 15) is 0 Å². The van der Waals surface area contributed by atoms with Gasteiger partial charge in [-0.05, 0) is 0 Å². The van der Waals surface area contributed by atoms with E-state index in [1.165, 1.54) is 0 Å². The van der Waals surface area contributed by atoms with Crippen LogP contribution in [0, 0.1) is 0 Å². The molecule has 0 atom stereocenters. The number of hydrogen-bond acceptors (Lipinski definition) is 0. The van der Waals surface area contributed by atoms with Crippen LogP contribution in [0.1, 0.15) is 13.8 Å². The van der Waals surface area contributed by atoms with Gasteiger partial charge in [-0.2, -0.15) is 0 Å². The Morgan fingerprint density at radius 3 is 1.40 bits per heavy atom. The molecule has 0 saturated carbocycles. The maximum Gasteiger partial charge on any atom is 0.104 e. The van der Waals surface area contributed by atoms with Gasteiger partial charge < -0.3 is 5.48 Å². The van der Waals surface area contributed by atoms with Gasteiger partial charge in [-0.15, -0.1) is 0 Å². The summed E-state index contributed by atoms with van der Waals surface area (Å²) >= 11 is 0. The molecule has 32 valence electrons. The van der Waals surface area contributed by atoms with Gasteiger partial charge in [-0.25, -0.2) is 0 Å². The molecule has 0 radical (unpaired) electrons. The van der Waals surface area contributed by atoms with Crippen molar-refractivity contribution >= 4 is 7.85 Å². The Kier molecular flexibility index (Phi) is 7.16. The second-order valence-corrected chi connectivity index (χ2v) is 1.73. The van der Waals surface area contributed by atoms with Crippen molar-refractivity contribution < 1.29 is 5.48 Å². The van der Waals surface area contributed by atoms with Gasteiger partial charge in [-0.3, -0.25) is 0 Å². The minimum Gasteiger partial charge on any atom is -0.412 e. The minimum atomic E-state index is 0. The summed E-state index contributed by atoms with van der Waals surface area (Å²) in [6.07, 6.45) is 0. The molecule has 0 aliphatic carbocycles. The summed E-state index contributed by atoms with van der Waals surface area (Å²) in [7, 11) is 2.17. The van der Waals surface area contributed by atoms with Gasteiger partial charge in [0.05, 0.1) is 0 Å². The van der Waals surface area contributed by atoms with Gasteiger partial charge in [0.1, 0.15) is 7.85 Å². The maximum absolute atomic E-state index is 2.17. The van der Waals surface area contributed by atoms with Gasteiger partial charge in [0.25, 0.3) is 0 Å². The molecule has 0 unspecified atom stereocenters. The molecule has 0 heterocycles. The highest BCUT2D eigenvalue weighted by Crippen LogP contribution is 1.84. The summed E-state index contributed by atoms with van der Waals surface area (Å²) in [5.41, 5.74) is 0. The predicted octanol–water partition coefficient (Wildman–Crippen LogP) is -0.377. The normalized spacial score (nSPS) is 7.00. The second kappa shape index (κ2) is 4.02. The van der Waals surface area contributed by atoms with E-state index in [2.05, 4.69) is 21.7 Å². The van der Waals surface area contributed by atoms with Crippen molar-refractivity contribution in [1.82, 2.24) is 0 Å². The molecule has 0 bridgehead atoms. The SMILES string of the molecule is BC(C)C.O. The first kappa shape index (κ1) is 8.90. The van der Waals surface area contributed by atoms with E-state index >= 15 is 0 Å². The van der Waals surface area contributed by atoms with E-state index in [1.807, 2.05) is 0 Å². The van der Waals surface area contributed by atoms with Gasteiger partial charge in [0.15, 0.2) is 0 Å². The molecule has 5 heavy (non-hydrogen) atoms. The lowest BCUT2D eigenvalue weighted by atomic mass is 9.93. The van der Waals surface area contributed by atoms with Crippen molar-refractivity contribution in [2.24, 2.45) is 0 Å². The van der Waals surface area contributed by atoms with Gasteiger partial charge in [0, 0.05) is 0 Å². The Bertz CT molecular complexity index is 11.6. The minimum absolute atomic E-state index is 0. The first-order valence-electron chi connectivity index (χ1n) is 1.73. The maximum atomic E-state index is 2.17. The van der Waals surface area contributed by atoms with E-state index < -0.39 is 0 Å². The van der Waals surface area contributed by atoms with Crippen LogP contribution >= 0.6 is 0 Å². The van der Waals surface area contributed by atoms with E-state index in [1.54, 1.807) is 0 Å². The molecular formula is C3H11BO. The van der Waals surface area contributed by atoms with Gasteiger partial charge in [-0.1, -0.05) is 19.7 Å². The first-order valence-corrected chi connectivity index (χ1v) is 1.73. The van der Waals surface area contributed by atoms with Crippen LogP contribution in [-0.4, -0.2) is 13.3 Å². The molecule has 0 aromatic rings. The zero-order valence-electron chi connectivity index (χ0n) is 4.08. The van der Waals surface area contributed by atoms with Crippen LogP contribution in [0.15, 0.2) is 0 Å². The van der Waals surface area contributed by atoms with E-state index in [0.29, 0.717) is 0 Å². The molecule has 2 N–H and O–H groups in total.